The lowest BCUT2D eigenvalue weighted by Gasteiger charge is -2.20. The Morgan fingerprint density at radius 2 is 2.25 bits per heavy atom. The molecule has 1 aliphatic rings. The van der Waals surface area contributed by atoms with Gasteiger partial charge in [-0.05, 0) is 40.3 Å². The Labute approximate surface area is 97.1 Å². The molecular weight excluding hydrogens is 200 g/mol. The van der Waals surface area contributed by atoms with Gasteiger partial charge in [-0.15, -0.1) is 0 Å². The lowest BCUT2D eigenvalue weighted by molar-refractivity contribution is 0.322. The third kappa shape index (κ3) is 2.70. The van der Waals surface area contributed by atoms with Gasteiger partial charge in [0.25, 0.3) is 0 Å². The number of likely N-dealkylation sites (N-methyl/N-ethyl adjacent to an activating group) is 1. The van der Waals surface area contributed by atoms with E-state index in [1.807, 2.05) is 19.9 Å². The number of anilines is 1. The number of likely N-dealkylation sites (tertiary alicyclic amines) is 1. The summed E-state index contributed by atoms with van der Waals surface area (Å²) in [6, 6.07) is 2.65. The van der Waals surface area contributed by atoms with Crippen molar-refractivity contribution in [1.82, 2.24) is 14.9 Å². The molecule has 2 rings (SSSR count). The average Bonchev–Trinajstić information content (AvgIpc) is 2.59. The van der Waals surface area contributed by atoms with E-state index in [-0.39, 0.29) is 0 Å². The lowest BCUT2D eigenvalue weighted by Crippen LogP contribution is -2.31. The summed E-state index contributed by atoms with van der Waals surface area (Å²) in [5.74, 6) is 1.78. The summed E-state index contributed by atoms with van der Waals surface area (Å²) in [5.41, 5.74) is 1.02. The van der Waals surface area contributed by atoms with Crippen molar-refractivity contribution in [3.63, 3.8) is 0 Å². The number of aryl methyl sites for hydroxylation is 2. The Morgan fingerprint density at radius 3 is 2.88 bits per heavy atom. The summed E-state index contributed by atoms with van der Waals surface area (Å²) < 4.78 is 0. The maximum absolute atomic E-state index is 4.38. The molecule has 0 aliphatic carbocycles. The SMILES string of the molecule is Cc1cc(NCC2CCCN2C)nc(C)n1. The molecule has 1 N–H and O–H groups in total. The molecule has 2 heterocycles. The monoisotopic (exact) mass is 220 g/mol. The second-order valence-corrected chi connectivity index (χ2v) is 4.60. The summed E-state index contributed by atoms with van der Waals surface area (Å²) in [6.45, 7) is 6.13. The number of aromatic nitrogens is 2. The van der Waals surface area contributed by atoms with Crippen LogP contribution in [0.5, 0.6) is 0 Å². The highest BCUT2D eigenvalue weighted by atomic mass is 15.2. The van der Waals surface area contributed by atoms with Gasteiger partial charge < -0.3 is 10.2 Å². The van der Waals surface area contributed by atoms with Crippen LogP contribution in [0.1, 0.15) is 24.4 Å². The minimum Gasteiger partial charge on any atom is -0.368 e. The van der Waals surface area contributed by atoms with E-state index >= 15 is 0 Å². The number of hydrogen-bond donors (Lipinski definition) is 1. The standard InChI is InChI=1S/C12H20N4/c1-9-7-12(15-10(2)14-9)13-8-11-5-4-6-16(11)3/h7,11H,4-6,8H2,1-3H3,(H,13,14,15). The molecule has 1 unspecified atom stereocenters. The molecule has 0 spiro atoms. The van der Waals surface area contributed by atoms with Crippen molar-refractivity contribution in [2.45, 2.75) is 32.7 Å². The van der Waals surface area contributed by atoms with Crippen molar-refractivity contribution in [3.05, 3.63) is 17.6 Å². The van der Waals surface area contributed by atoms with Gasteiger partial charge in [0.2, 0.25) is 0 Å². The Hall–Kier alpha value is -1.16. The van der Waals surface area contributed by atoms with Crippen LogP contribution in [0.25, 0.3) is 0 Å². The third-order valence-corrected chi connectivity index (χ3v) is 3.16. The van der Waals surface area contributed by atoms with Gasteiger partial charge in [0.15, 0.2) is 0 Å². The van der Waals surface area contributed by atoms with E-state index in [0.717, 1.165) is 23.9 Å². The maximum Gasteiger partial charge on any atom is 0.129 e. The first-order valence-corrected chi connectivity index (χ1v) is 5.91. The van der Waals surface area contributed by atoms with E-state index in [4.69, 9.17) is 0 Å². The minimum absolute atomic E-state index is 0.649. The maximum atomic E-state index is 4.38. The molecule has 0 amide bonds. The lowest BCUT2D eigenvalue weighted by atomic mass is 10.2. The second-order valence-electron chi connectivity index (χ2n) is 4.60. The normalized spacial score (nSPS) is 21.3. The van der Waals surface area contributed by atoms with Gasteiger partial charge in [-0.2, -0.15) is 0 Å². The molecule has 1 saturated heterocycles. The van der Waals surface area contributed by atoms with E-state index in [9.17, 15) is 0 Å². The summed E-state index contributed by atoms with van der Waals surface area (Å²) >= 11 is 0. The van der Waals surface area contributed by atoms with Crippen LogP contribution in [0.15, 0.2) is 6.07 Å². The highest BCUT2D eigenvalue weighted by Gasteiger charge is 2.20. The van der Waals surface area contributed by atoms with E-state index < -0.39 is 0 Å². The van der Waals surface area contributed by atoms with Crippen molar-refractivity contribution >= 4 is 5.82 Å². The number of nitrogens with zero attached hydrogens (tertiary/aromatic N) is 3. The molecule has 1 aromatic rings. The average molecular weight is 220 g/mol. The second kappa shape index (κ2) is 4.78. The van der Waals surface area contributed by atoms with Crippen LogP contribution in [0, 0.1) is 13.8 Å². The molecule has 0 aromatic carbocycles. The van der Waals surface area contributed by atoms with Gasteiger partial charge in [-0.1, -0.05) is 0 Å². The third-order valence-electron chi connectivity index (χ3n) is 3.16. The number of nitrogens with one attached hydrogen (secondary N) is 1. The van der Waals surface area contributed by atoms with Crippen LogP contribution >= 0.6 is 0 Å². The number of rotatable bonds is 3. The summed E-state index contributed by atoms with van der Waals surface area (Å²) in [4.78, 5) is 11.1. The highest BCUT2D eigenvalue weighted by molar-refractivity contribution is 5.35. The zero-order valence-corrected chi connectivity index (χ0v) is 10.3. The predicted molar refractivity (Wildman–Crippen MR) is 65.6 cm³/mol. The molecule has 1 atom stereocenters. The minimum atomic E-state index is 0.649. The zero-order chi connectivity index (χ0) is 11.5. The summed E-state index contributed by atoms with van der Waals surface area (Å²) in [5, 5.41) is 3.41. The molecule has 16 heavy (non-hydrogen) atoms. The fraction of sp³-hybridized carbons (Fsp3) is 0.667. The van der Waals surface area contributed by atoms with Crippen molar-refractivity contribution in [1.29, 1.82) is 0 Å². The van der Waals surface area contributed by atoms with Crippen LogP contribution in [0.4, 0.5) is 5.82 Å². The van der Waals surface area contributed by atoms with E-state index in [2.05, 4.69) is 27.2 Å². The molecule has 0 radical (unpaired) electrons. The van der Waals surface area contributed by atoms with Crippen LogP contribution in [0.3, 0.4) is 0 Å². The van der Waals surface area contributed by atoms with Crippen molar-refractivity contribution < 1.29 is 0 Å². The van der Waals surface area contributed by atoms with Gasteiger partial charge in [0.05, 0.1) is 0 Å². The Morgan fingerprint density at radius 1 is 1.44 bits per heavy atom. The van der Waals surface area contributed by atoms with Gasteiger partial charge in [0, 0.05) is 24.3 Å². The Bertz CT molecular complexity index is 344. The zero-order valence-electron chi connectivity index (χ0n) is 10.3. The van der Waals surface area contributed by atoms with Crippen LogP contribution in [-0.4, -0.2) is 41.0 Å². The Kier molecular flexibility index (Phi) is 3.39. The van der Waals surface area contributed by atoms with E-state index in [1.54, 1.807) is 0 Å². The molecule has 88 valence electrons. The van der Waals surface area contributed by atoms with Gasteiger partial charge in [-0.3, -0.25) is 0 Å². The molecule has 1 fully saturated rings. The molecular formula is C12H20N4. The smallest absolute Gasteiger partial charge is 0.129 e. The van der Waals surface area contributed by atoms with Gasteiger partial charge in [-0.25, -0.2) is 9.97 Å². The molecule has 1 aromatic heterocycles. The topological polar surface area (TPSA) is 41.0 Å². The van der Waals surface area contributed by atoms with Gasteiger partial charge >= 0.3 is 0 Å². The fourth-order valence-electron chi connectivity index (χ4n) is 2.27. The van der Waals surface area contributed by atoms with E-state index in [0.29, 0.717) is 6.04 Å². The first-order chi connectivity index (χ1) is 7.65. The first kappa shape index (κ1) is 11.3. The Balaban J connectivity index is 1.94. The van der Waals surface area contributed by atoms with Crippen molar-refractivity contribution in [3.8, 4) is 0 Å². The van der Waals surface area contributed by atoms with Crippen LogP contribution in [0.2, 0.25) is 0 Å². The van der Waals surface area contributed by atoms with Gasteiger partial charge in [0.1, 0.15) is 11.6 Å². The first-order valence-electron chi connectivity index (χ1n) is 5.91. The van der Waals surface area contributed by atoms with Crippen LogP contribution < -0.4 is 5.32 Å². The van der Waals surface area contributed by atoms with Crippen molar-refractivity contribution in [2.75, 3.05) is 25.5 Å². The molecule has 0 saturated carbocycles. The largest absolute Gasteiger partial charge is 0.368 e. The molecule has 0 bridgehead atoms. The molecule has 4 heteroatoms. The fourth-order valence-corrected chi connectivity index (χ4v) is 2.27. The van der Waals surface area contributed by atoms with E-state index in [1.165, 1.54) is 19.4 Å². The quantitative estimate of drug-likeness (QED) is 0.840. The summed E-state index contributed by atoms with van der Waals surface area (Å²) in [7, 11) is 2.19. The van der Waals surface area contributed by atoms with Crippen molar-refractivity contribution in [2.24, 2.45) is 0 Å². The predicted octanol–water partition coefficient (Wildman–Crippen LogP) is 1.60. The molecule has 1 aliphatic heterocycles. The highest BCUT2D eigenvalue weighted by Crippen LogP contribution is 2.15. The van der Waals surface area contributed by atoms with Crippen LogP contribution in [-0.2, 0) is 0 Å². The summed E-state index contributed by atoms with van der Waals surface area (Å²) in [6.07, 6.45) is 2.59. The number of hydrogen-bond acceptors (Lipinski definition) is 4. The molecule has 4 nitrogen and oxygen atoms in total.